The maximum Gasteiger partial charge on any atom is 0.323 e. The van der Waals surface area contributed by atoms with E-state index in [1.807, 2.05) is 0 Å². The second-order valence-corrected chi connectivity index (χ2v) is 7.12. The van der Waals surface area contributed by atoms with Crippen LogP contribution in [-0.4, -0.2) is 48.0 Å². The number of carboxylic acids is 1. The van der Waals surface area contributed by atoms with Crippen molar-refractivity contribution in [2.75, 3.05) is 18.1 Å². The fraction of sp³-hybridized carbons (Fsp3) is 0.500. The van der Waals surface area contributed by atoms with Gasteiger partial charge in [-0.25, -0.2) is 8.42 Å². The molecule has 0 aromatic carbocycles. The molecule has 1 amide bonds. The van der Waals surface area contributed by atoms with Crippen LogP contribution in [0.15, 0.2) is 18.3 Å². The van der Waals surface area contributed by atoms with E-state index in [1.165, 1.54) is 16.8 Å². The van der Waals surface area contributed by atoms with Crippen molar-refractivity contribution < 1.29 is 23.1 Å². The highest BCUT2D eigenvalue weighted by Crippen LogP contribution is 2.17. The van der Waals surface area contributed by atoms with E-state index in [1.54, 1.807) is 6.07 Å². The van der Waals surface area contributed by atoms with Crippen molar-refractivity contribution >= 4 is 21.7 Å². The highest BCUT2D eigenvalue weighted by Gasteiger charge is 2.28. The molecule has 8 heteroatoms. The van der Waals surface area contributed by atoms with E-state index >= 15 is 0 Å². The summed E-state index contributed by atoms with van der Waals surface area (Å²) >= 11 is 0. The van der Waals surface area contributed by atoms with Gasteiger partial charge < -0.3 is 15.0 Å². The SMILES string of the molecule is O=C(O)Cn1cccc1C(=O)NCC1CCS(=O)(=O)C1. The normalized spacial score (nSPS) is 20.7. The zero-order valence-corrected chi connectivity index (χ0v) is 11.6. The van der Waals surface area contributed by atoms with E-state index in [0.29, 0.717) is 6.42 Å². The van der Waals surface area contributed by atoms with Gasteiger partial charge in [0.2, 0.25) is 0 Å². The predicted molar refractivity (Wildman–Crippen MR) is 71.2 cm³/mol. The van der Waals surface area contributed by atoms with Gasteiger partial charge in [-0.15, -0.1) is 0 Å². The van der Waals surface area contributed by atoms with E-state index in [2.05, 4.69) is 5.32 Å². The Morgan fingerprint density at radius 1 is 1.45 bits per heavy atom. The average Bonchev–Trinajstić information content (AvgIpc) is 2.92. The Kier molecular flexibility index (Phi) is 4.12. The molecule has 110 valence electrons. The molecule has 2 N–H and O–H groups in total. The smallest absolute Gasteiger partial charge is 0.323 e. The first-order valence-electron chi connectivity index (χ1n) is 6.23. The van der Waals surface area contributed by atoms with Crippen molar-refractivity contribution in [2.24, 2.45) is 5.92 Å². The molecule has 0 radical (unpaired) electrons. The van der Waals surface area contributed by atoms with Gasteiger partial charge in [0.15, 0.2) is 9.84 Å². The lowest BCUT2D eigenvalue weighted by Gasteiger charge is -2.11. The minimum atomic E-state index is -2.96. The summed E-state index contributed by atoms with van der Waals surface area (Å²) < 4.78 is 24.0. The summed E-state index contributed by atoms with van der Waals surface area (Å²) in [5.74, 6) is -1.21. The van der Waals surface area contributed by atoms with Gasteiger partial charge >= 0.3 is 5.97 Å². The standard InChI is InChI=1S/C12H16N2O5S/c15-11(16)7-14-4-1-2-10(14)12(17)13-6-9-3-5-20(18,19)8-9/h1-2,4,9H,3,5-8H2,(H,13,17)(H,15,16). The van der Waals surface area contributed by atoms with Crippen LogP contribution in [-0.2, 0) is 21.2 Å². The van der Waals surface area contributed by atoms with E-state index in [0.717, 1.165) is 0 Å². The monoisotopic (exact) mass is 300 g/mol. The number of aromatic nitrogens is 1. The number of amides is 1. The summed E-state index contributed by atoms with van der Waals surface area (Å²) in [6.45, 7) is 0.00385. The van der Waals surface area contributed by atoms with Crippen LogP contribution < -0.4 is 5.32 Å². The van der Waals surface area contributed by atoms with Crippen molar-refractivity contribution in [2.45, 2.75) is 13.0 Å². The van der Waals surface area contributed by atoms with Gasteiger partial charge in [-0.05, 0) is 24.5 Å². The van der Waals surface area contributed by atoms with Gasteiger partial charge in [0.1, 0.15) is 12.2 Å². The number of rotatable bonds is 5. The van der Waals surface area contributed by atoms with Crippen LogP contribution in [0, 0.1) is 5.92 Å². The van der Waals surface area contributed by atoms with Gasteiger partial charge in [0, 0.05) is 12.7 Å². The van der Waals surface area contributed by atoms with Gasteiger partial charge in [-0.3, -0.25) is 9.59 Å². The molecule has 0 saturated carbocycles. The fourth-order valence-corrected chi connectivity index (χ4v) is 4.13. The van der Waals surface area contributed by atoms with Gasteiger partial charge in [0.25, 0.3) is 5.91 Å². The van der Waals surface area contributed by atoms with Crippen LogP contribution in [0.3, 0.4) is 0 Å². The van der Waals surface area contributed by atoms with Gasteiger partial charge in [0.05, 0.1) is 11.5 Å². The Bertz CT molecular complexity index is 620. The van der Waals surface area contributed by atoms with Crippen LogP contribution in [0.5, 0.6) is 0 Å². The fourth-order valence-electron chi connectivity index (χ4n) is 2.26. The Labute approximate surface area is 116 Å². The topological polar surface area (TPSA) is 105 Å². The third-order valence-corrected chi connectivity index (χ3v) is 5.08. The Balaban J connectivity index is 1.92. The molecule has 1 aromatic rings. The lowest BCUT2D eigenvalue weighted by Crippen LogP contribution is -2.31. The molecular weight excluding hydrogens is 284 g/mol. The second kappa shape index (κ2) is 5.66. The number of hydrogen-bond donors (Lipinski definition) is 2. The molecular formula is C12H16N2O5S. The number of aliphatic carboxylic acids is 1. The van der Waals surface area contributed by atoms with Gasteiger partial charge in [-0.2, -0.15) is 0 Å². The number of sulfone groups is 1. The lowest BCUT2D eigenvalue weighted by molar-refractivity contribution is -0.137. The lowest BCUT2D eigenvalue weighted by atomic mass is 10.1. The van der Waals surface area contributed by atoms with Crippen molar-refractivity contribution in [3.05, 3.63) is 24.0 Å². The van der Waals surface area contributed by atoms with E-state index in [9.17, 15) is 18.0 Å². The zero-order chi connectivity index (χ0) is 14.8. The maximum absolute atomic E-state index is 12.0. The number of nitrogens with one attached hydrogen (secondary N) is 1. The number of carbonyl (C=O) groups excluding carboxylic acids is 1. The van der Waals surface area contributed by atoms with Crippen LogP contribution in [0.25, 0.3) is 0 Å². The number of hydrogen-bond acceptors (Lipinski definition) is 4. The van der Waals surface area contributed by atoms with E-state index in [-0.39, 0.29) is 42.1 Å². The Morgan fingerprint density at radius 3 is 2.80 bits per heavy atom. The van der Waals surface area contributed by atoms with Crippen molar-refractivity contribution in [3.8, 4) is 0 Å². The third-order valence-electron chi connectivity index (χ3n) is 3.25. The third kappa shape index (κ3) is 3.60. The average molecular weight is 300 g/mol. The van der Waals surface area contributed by atoms with E-state index < -0.39 is 15.8 Å². The first-order valence-corrected chi connectivity index (χ1v) is 8.05. The predicted octanol–water partition coefficient (Wildman–Crippen LogP) is -0.263. The molecule has 1 saturated heterocycles. The summed E-state index contributed by atoms with van der Waals surface area (Å²) in [5.41, 5.74) is 0.258. The summed E-state index contributed by atoms with van der Waals surface area (Å²) in [6, 6.07) is 3.13. The Hall–Kier alpha value is -1.83. The molecule has 1 atom stereocenters. The number of carbonyl (C=O) groups is 2. The van der Waals surface area contributed by atoms with Gasteiger partial charge in [-0.1, -0.05) is 0 Å². The van der Waals surface area contributed by atoms with Crippen molar-refractivity contribution in [3.63, 3.8) is 0 Å². The molecule has 1 aromatic heterocycles. The van der Waals surface area contributed by atoms with Crippen LogP contribution in [0.4, 0.5) is 0 Å². The second-order valence-electron chi connectivity index (χ2n) is 4.89. The molecule has 2 rings (SSSR count). The molecule has 0 bridgehead atoms. The first kappa shape index (κ1) is 14.6. The maximum atomic E-state index is 12.0. The molecule has 20 heavy (non-hydrogen) atoms. The summed E-state index contributed by atoms with van der Waals surface area (Å²) in [7, 11) is -2.96. The summed E-state index contributed by atoms with van der Waals surface area (Å²) in [4.78, 5) is 22.6. The molecule has 0 spiro atoms. The molecule has 1 fully saturated rings. The largest absolute Gasteiger partial charge is 0.480 e. The summed E-state index contributed by atoms with van der Waals surface area (Å²) in [6.07, 6.45) is 2.07. The Morgan fingerprint density at radius 2 is 2.20 bits per heavy atom. The van der Waals surface area contributed by atoms with Crippen LogP contribution >= 0.6 is 0 Å². The quantitative estimate of drug-likeness (QED) is 0.779. The number of carboxylic acid groups (broad SMARTS) is 1. The van der Waals surface area contributed by atoms with Crippen LogP contribution in [0.2, 0.25) is 0 Å². The van der Waals surface area contributed by atoms with Crippen LogP contribution in [0.1, 0.15) is 16.9 Å². The number of nitrogens with zero attached hydrogens (tertiary/aromatic N) is 1. The molecule has 1 aliphatic rings. The van der Waals surface area contributed by atoms with E-state index in [4.69, 9.17) is 5.11 Å². The molecule has 1 unspecified atom stereocenters. The molecule has 1 aliphatic heterocycles. The van der Waals surface area contributed by atoms with Crippen molar-refractivity contribution in [1.29, 1.82) is 0 Å². The minimum Gasteiger partial charge on any atom is -0.480 e. The first-order chi connectivity index (χ1) is 9.37. The minimum absolute atomic E-state index is 0.0631. The molecule has 7 nitrogen and oxygen atoms in total. The molecule has 2 heterocycles. The zero-order valence-electron chi connectivity index (χ0n) is 10.8. The summed E-state index contributed by atoms with van der Waals surface area (Å²) in [5, 5.41) is 11.4. The highest BCUT2D eigenvalue weighted by atomic mass is 32.2. The van der Waals surface area contributed by atoms with Crippen molar-refractivity contribution in [1.82, 2.24) is 9.88 Å². The molecule has 0 aliphatic carbocycles. The highest BCUT2D eigenvalue weighted by molar-refractivity contribution is 7.91.